The van der Waals surface area contributed by atoms with Crippen molar-refractivity contribution in [2.75, 3.05) is 6.61 Å². The topological polar surface area (TPSA) is 104 Å². The van der Waals surface area contributed by atoms with Gasteiger partial charge in [0.25, 0.3) is 0 Å². The number of rotatable bonds is 5. The van der Waals surface area contributed by atoms with Crippen molar-refractivity contribution < 1.29 is 19.4 Å². The molecule has 20 heavy (non-hydrogen) atoms. The number of hydrogen-bond donors (Lipinski definition) is 3. The Morgan fingerprint density at radius 3 is 3.00 bits per heavy atom. The molecule has 0 radical (unpaired) electrons. The van der Waals surface area contributed by atoms with Crippen molar-refractivity contribution in [1.82, 2.24) is 15.3 Å². The highest BCUT2D eigenvalue weighted by molar-refractivity contribution is 5.92. The van der Waals surface area contributed by atoms with E-state index in [4.69, 9.17) is 9.84 Å². The van der Waals surface area contributed by atoms with Gasteiger partial charge in [-0.05, 0) is 18.2 Å². The SMILES string of the molecule is C=CCOC(=O)NCc1nc2ccc(C(=O)O)cc2[nH]1. The maximum atomic E-state index is 11.2. The van der Waals surface area contributed by atoms with E-state index in [0.29, 0.717) is 16.9 Å². The van der Waals surface area contributed by atoms with Gasteiger partial charge in [-0.1, -0.05) is 12.7 Å². The molecule has 0 aliphatic rings. The summed E-state index contributed by atoms with van der Waals surface area (Å²) in [6, 6.07) is 4.57. The summed E-state index contributed by atoms with van der Waals surface area (Å²) in [5, 5.41) is 11.4. The molecule has 7 heteroatoms. The van der Waals surface area contributed by atoms with Crippen molar-refractivity contribution in [2.45, 2.75) is 6.54 Å². The molecule has 2 aromatic rings. The predicted molar refractivity (Wildman–Crippen MR) is 71.4 cm³/mol. The molecule has 7 nitrogen and oxygen atoms in total. The summed E-state index contributed by atoms with van der Waals surface area (Å²) in [5.41, 5.74) is 1.40. The van der Waals surface area contributed by atoms with Crippen LogP contribution in [0.15, 0.2) is 30.9 Å². The molecule has 1 aromatic carbocycles. The number of imidazole rings is 1. The molecule has 1 heterocycles. The average Bonchev–Trinajstić information content (AvgIpc) is 2.84. The number of aromatic amines is 1. The minimum Gasteiger partial charge on any atom is -0.478 e. The summed E-state index contributed by atoms with van der Waals surface area (Å²) >= 11 is 0. The fraction of sp³-hybridized carbons (Fsp3) is 0.154. The van der Waals surface area contributed by atoms with E-state index in [2.05, 4.69) is 21.9 Å². The van der Waals surface area contributed by atoms with Crippen LogP contribution in [0, 0.1) is 0 Å². The normalized spacial score (nSPS) is 10.2. The molecular weight excluding hydrogens is 262 g/mol. The van der Waals surface area contributed by atoms with Crippen LogP contribution in [0.3, 0.4) is 0 Å². The Morgan fingerprint density at radius 2 is 2.30 bits per heavy atom. The van der Waals surface area contributed by atoms with Crippen LogP contribution < -0.4 is 5.32 Å². The highest BCUT2D eigenvalue weighted by Crippen LogP contribution is 2.13. The van der Waals surface area contributed by atoms with E-state index < -0.39 is 12.1 Å². The number of benzene rings is 1. The quantitative estimate of drug-likeness (QED) is 0.720. The molecule has 0 saturated heterocycles. The largest absolute Gasteiger partial charge is 0.478 e. The van der Waals surface area contributed by atoms with Gasteiger partial charge in [0, 0.05) is 0 Å². The smallest absolute Gasteiger partial charge is 0.407 e. The third-order valence-electron chi connectivity index (χ3n) is 2.51. The Bertz CT molecular complexity index is 663. The molecule has 1 amide bonds. The highest BCUT2D eigenvalue weighted by Gasteiger charge is 2.08. The van der Waals surface area contributed by atoms with Crippen molar-refractivity contribution in [3.05, 3.63) is 42.2 Å². The van der Waals surface area contributed by atoms with Gasteiger partial charge in [-0.25, -0.2) is 14.6 Å². The van der Waals surface area contributed by atoms with E-state index in [1.807, 2.05) is 0 Å². The molecule has 0 bridgehead atoms. The minimum atomic E-state index is -1.01. The number of H-pyrrole nitrogens is 1. The van der Waals surface area contributed by atoms with Crippen LogP contribution in [0.2, 0.25) is 0 Å². The Hall–Kier alpha value is -2.83. The first-order chi connectivity index (χ1) is 9.60. The molecule has 1 aromatic heterocycles. The van der Waals surface area contributed by atoms with Crippen LogP contribution in [0.5, 0.6) is 0 Å². The number of carboxylic acids is 1. The Balaban J connectivity index is 2.06. The van der Waals surface area contributed by atoms with Crippen molar-refractivity contribution in [3.63, 3.8) is 0 Å². The summed E-state index contributed by atoms with van der Waals surface area (Å²) in [6.45, 7) is 3.72. The number of aromatic carboxylic acids is 1. The van der Waals surface area contributed by atoms with Crippen molar-refractivity contribution in [2.24, 2.45) is 0 Å². The summed E-state index contributed by atoms with van der Waals surface area (Å²) in [7, 11) is 0. The standard InChI is InChI=1S/C13H13N3O4/c1-2-5-20-13(19)14-7-11-15-9-4-3-8(12(17)18)6-10(9)16-11/h2-4,6H,1,5,7H2,(H,14,19)(H,15,16)(H,17,18). The van der Waals surface area contributed by atoms with Gasteiger partial charge in [0.1, 0.15) is 12.4 Å². The van der Waals surface area contributed by atoms with E-state index in [0.717, 1.165) is 0 Å². The number of alkyl carbamates (subject to hydrolysis) is 1. The lowest BCUT2D eigenvalue weighted by Gasteiger charge is -2.02. The van der Waals surface area contributed by atoms with E-state index in [9.17, 15) is 9.59 Å². The van der Waals surface area contributed by atoms with Gasteiger partial charge in [0.2, 0.25) is 0 Å². The fourth-order valence-electron chi connectivity index (χ4n) is 1.62. The van der Waals surface area contributed by atoms with E-state index >= 15 is 0 Å². The number of ether oxygens (including phenoxy) is 1. The summed E-state index contributed by atoms with van der Waals surface area (Å²) < 4.78 is 4.75. The number of carbonyl (C=O) groups is 2. The number of carbonyl (C=O) groups excluding carboxylic acids is 1. The van der Waals surface area contributed by atoms with Gasteiger partial charge in [0.15, 0.2) is 0 Å². The van der Waals surface area contributed by atoms with Gasteiger partial charge >= 0.3 is 12.1 Å². The molecule has 3 N–H and O–H groups in total. The number of amides is 1. The average molecular weight is 275 g/mol. The molecule has 0 fully saturated rings. The molecule has 0 unspecified atom stereocenters. The van der Waals surface area contributed by atoms with Crippen molar-refractivity contribution in [1.29, 1.82) is 0 Å². The first-order valence-electron chi connectivity index (χ1n) is 5.83. The summed E-state index contributed by atoms with van der Waals surface area (Å²) in [4.78, 5) is 29.2. The second-order valence-corrected chi connectivity index (χ2v) is 3.96. The number of aromatic nitrogens is 2. The number of carboxylic acid groups (broad SMARTS) is 1. The Morgan fingerprint density at radius 1 is 1.50 bits per heavy atom. The maximum absolute atomic E-state index is 11.2. The molecule has 0 spiro atoms. The van der Waals surface area contributed by atoms with Crippen molar-refractivity contribution >= 4 is 23.1 Å². The maximum Gasteiger partial charge on any atom is 0.407 e. The monoisotopic (exact) mass is 275 g/mol. The second kappa shape index (κ2) is 5.87. The van der Waals surface area contributed by atoms with E-state index in [-0.39, 0.29) is 18.7 Å². The predicted octanol–water partition coefficient (Wildman–Crippen LogP) is 1.67. The lowest BCUT2D eigenvalue weighted by molar-refractivity contribution is 0.0697. The lowest BCUT2D eigenvalue weighted by Crippen LogP contribution is -2.24. The first-order valence-corrected chi connectivity index (χ1v) is 5.83. The van der Waals surface area contributed by atoms with Gasteiger partial charge in [-0.2, -0.15) is 0 Å². The van der Waals surface area contributed by atoms with Crippen LogP contribution in [-0.4, -0.2) is 33.7 Å². The van der Waals surface area contributed by atoms with Gasteiger partial charge in [-0.3, -0.25) is 0 Å². The second-order valence-electron chi connectivity index (χ2n) is 3.96. The zero-order valence-corrected chi connectivity index (χ0v) is 10.5. The highest BCUT2D eigenvalue weighted by atomic mass is 16.5. The molecule has 0 atom stereocenters. The Kier molecular flexibility index (Phi) is 3.99. The van der Waals surface area contributed by atoms with Gasteiger partial charge in [-0.15, -0.1) is 0 Å². The number of nitrogens with one attached hydrogen (secondary N) is 2. The van der Waals surface area contributed by atoms with Crippen LogP contribution in [0.1, 0.15) is 16.2 Å². The number of hydrogen-bond acceptors (Lipinski definition) is 4. The van der Waals surface area contributed by atoms with E-state index in [1.165, 1.54) is 18.2 Å². The van der Waals surface area contributed by atoms with Gasteiger partial charge in [0.05, 0.1) is 23.1 Å². The van der Waals surface area contributed by atoms with Crippen molar-refractivity contribution in [3.8, 4) is 0 Å². The van der Waals surface area contributed by atoms with Crippen LogP contribution >= 0.6 is 0 Å². The number of nitrogens with zero attached hydrogens (tertiary/aromatic N) is 1. The molecule has 0 aliphatic carbocycles. The molecule has 104 valence electrons. The van der Waals surface area contributed by atoms with Gasteiger partial charge < -0.3 is 20.1 Å². The van der Waals surface area contributed by atoms with E-state index in [1.54, 1.807) is 6.07 Å². The third kappa shape index (κ3) is 3.14. The summed E-state index contributed by atoms with van der Waals surface area (Å²) in [6.07, 6.45) is 0.894. The first kappa shape index (κ1) is 13.6. The third-order valence-corrected chi connectivity index (χ3v) is 2.51. The minimum absolute atomic E-state index is 0.133. The lowest BCUT2D eigenvalue weighted by atomic mass is 10.2. The Labute approximate surface area is 114 Å². The molecule has 2 rings (SSSR count). The number of fused-ring (bicyclic) bond motifs is 1. The molecule has 0 aliphatic heterocycles. The molecular formula is C13H13N3O4. The van der Waals surface area contributed by atoms with Crippen LogP contribution in [0.25, 0.3) is 11.0 Å². The fourth-order valence-corrected chi connectivity index (χ4v) is 1.62. The summed E-state index contributed by atoms with van der Waals surface area (Å²) in [5.74, 6) is -0.493. The van der Waals surface area contributed by atoms with Crippen LogP contribution in [-0.2, 0) is 11.3 Å². The zero-order valence-electron chi connectivity index (χ0n) is 10.5. The molecule has 0 saturated carbocycles. The zero-order chi connectivity index (χ0) is 14.5. The van der Waals surface area contributed by atoms with Crippen LogP contribution in [0.4, 0.5) is 4.79 Å².